The van der Waals surface area contributed by atoms with E-state index in [9.17, 15) is 14.4 Å². The molecule has 0 spiro atoms. The van der Waals surface area contributed by atoms with Crippen molar-refractivity contribution in [2.45, 2.75) is 26.7 Å². The Kier molecular flexibility index (Phi) is 5.93. The van der Waals surface area contributed by atoms with Crippen LogP contribution in [0.5, 0.6) is 5.75 Å². The predicted molar refractivity (Wildman–Crippen MR) is 102 cm³/mol. The number of fused-ring (bicyclic) bond motifs is 2. The van der Waals surface area contributed by atoms with Crippen molar-refractivity contribution in [3.05, 3.63) is 34.7 Å². The number of ether oxygens (including phenoxy) is 3. The third-order valence-electron chi connectivity index (χ3n) is 3.99. The highest BCUT2D eigenvalue weighted by atomic mass is 16.5. The van der Waals surface area contributed by atoms with E-state index in [0.29, 0.717) is 53.9 Å². The van der Waals surface area contributed by atoms with Gasteiger partial charge < -0.3 is 14.2 Å². The smallest absolute Gasteiger partial charge is 0.422 e. The van der Waals surface area contributed by atoms with Crippen molar-refractivity contribution >= 4 is 34.1 Å². The maximum absolute atomic E-state index is 12.1. The van der Waals surface area contributed by atoms with E-state index in [2.05, 4.69) is 9.97 Å². The van der Waals surface area contributed by atoms with E-state index in [1.807, 2.05) is 0 Å². The summed E-state index contributed by atoms with van der Waals surface area (Å²) in [6.07, 6.45) is 0.0684. The van der Waals surface area contributed by atoms with Crippen molar-refractivity contribution in [3.63, 3.8) is 0 Å². The van der Waals surface area contributed by atoms with Gasteiger partial charge in [-0.15, -0.1) is 0 Å². The number of pyridine rings is 1. The van der Waals surface area contributed by atoms with Crippen LogP contribution in [-0.4, -0.2) is 46.4 Å². The first-order chi connectivity index (χ1) is 13.5. The van der Waals surface area contributed by atoms with Crippen LogP contribution in [-0.2, 0) is 14.3 Å². The Morgan fingerprint density at radius 1 is 1.14 bits per heavy atom. The molecule has 1 aromatic carbocycles. The van der Waals surface area contributed by atoms with Gasteiger partial charge >= 0.3 is 17.8 Å². The van der Waals surface area contributed by atoms with Crippen LogP contribution in [0.3, 0.4) is 0 Å². The first-order valence-corrected chi connectivity index (χ1v) is 9.04. The molecule has 0 aliphatic rings. The van der Waals surface area contributed by atoms with Gasteiger partial charge in [0.05, 0.1) is 25.3 Å². The van der Waals surface area contributed by atoms with E-state index < -0.39 is 11.8 Å². The lowest BCUT2D eigenvalue weighted by Crippen LogP contribution is -2.25. The standard InChI is InChI=1S/C19H21N3O6/c1-3-26-16(23)6-5-9-28-13-7-8-14-12(10-13)11-15-17(20-14)21-18(24)22(15)19(25)27-4-2/h7-8,10-11H,3-6,9H2,1-2H3,(H,20,21,24). The number of hydrogen-bond acceptors (Lipinski definition) is 7. The van der Waals surface area contributed by atoms with Gasteiger partial charge in [-0.05, 0) is 44.5 Å². The highest BCUT2D eigenvalue weighted by Crippen LogP contribution is 2.23. The molecule has 148 valence electrons. The normalized spacial score (nSPS) is 10.9. The number of H-pyrrole nitrogens is 1. The van der Waals surface area contributed by atoms with Crippen molar-refractivity contribution in [3.8, 4) is 5.75 Å². The summed E-state index contributed by atoms with van der Waals surface area (Å²) in [7, 11) is 0. The quantitative estimate of drug-likeness (QED) is 0.490. The van der Waals surface area contributed by atoms with Gasteiger partial charge in [0.15, 0.2) is 5.65 Å². The van der Waals surface area contributed by atoms with Crippen LogP contribution in [0.25, 0.3) is 22.1 Å². The van der Waals surface area contributed by atoms with Gasteiger partial charge in [0.1, 0.15) is 11.3 Å². The number of esters is 1. The summed E-state index contributed by atoms with van der Waals surface area (Å²) in [6.45, 7) is 4.31. The first-order valence-electron chi connectivity index (χ1n) is 9.04. The lowest BCUT2D eigenvalue weighted by Gasteiger charge is -2.07. The Balaban J connectivity index is 1.81. The van der Waals surface area contributed by atoms with E-state index in [1.165, 1.54) is 0 Å². The predicted octanol–water partition coefficient (Wildman–Crippen LogP) is 2.60. The number of aromatic nitrogens is 3. The van der Waals surface area contributed by atoms with Gasteiger partial charge in [-0.3, -0.25) is 9.78 Å². The monoisotopic (exact) mass is 387 g/mol. The second-order valence-corrected chi connectivity index (χ2v) is 5.93. The van der Waals surface area contributed by atoms with Crippen LogP contribution in [0.4, 0.5) is 4.79 Å². The number of imidazole rings is 1. The van der Waals surface area contributed by atoms with Crippen molar-refractivity contribution < 1.29 is 23.8 Å². The van der Waals surface area contributed by atoms with Crippen LogP contribution in [0, 0.1) is 0 Å². The molecule has 0 radical (unpaired) electrons. The molecular weight excluding hydrogens is 366 g/mol. The third-order valence-corrected chi connectivity index (χ3v) is 3.99. The number of carbonyl (C=O) groups is 2. The second-order valence-electron chi connectivity index (χ2n) is 5.93. The summed E-state index contributed by atoms with van der Waals surface area (Å²) in [5.41, 5.74) is 0.666. The van der Waals surface area contributed by atoms with Crippen molar-refractivity contribution in [2.24, 2.45) is 0 Å². The van der Waals surface area contributed by atoms with E-state index in [0.717, 1.165) is 4.57 Å². The second kappa shape index (κ2) is 8.55. The fraction of sp³-hybridized carbons (Fsp3) is 0.368. The van der Waals surface area contributed by atoms with Crippen LogP contribution in [0.1, 0.15) is 26.7 Å². The minimum Gasteiger partial charge on any atom is -0.494 e. The van der Waals surface area contributed by atoms with Gasteiger partial charge in [0, 0.05) is 11.8 Å². The van der Waals surface area contributed by atoms with Gasteiger partial charge in [-0.25, -0.2) is 14.6 Å². The topological polar surface area (TPSA) is 113 Å². The number of aromatic amines is 1. The van der Waals surface area contributed by atoms with E-state index >= 15 is 0 Å². The number of carbonyl (C=O) groups excluding carboxylic acids is 2. The first kappa shape index (κ1) is 19.4. The lowest BCUT2D eigenvalue weighted by atomic mass is 10.2. The summed E-state index contributed by atoms with van der Waals surface area (Å²) in [4.78, 5) is 42.4. The van der Waals surface area contributed by atoms with Crippen molar-refractivity contribution in [1.29, 1.82) is 0 Å². The van der Waals surface area contributed by atoms with Crippen LogP contribution in [0.2, 0.25) is 0 Å². The van der Waals surface area contributed by atoms with Gasteiger partial charge in [0.2, 0.25) is 0 Å². The molecule has 0 unspecified atom stereocenters. The molecule has 0 aliphatic heterocycles. The summed E-state index contributed by atoms with van der Waals surface area (Å²) in [6, 6.07) is 6.96. The lowest BCUT2D eigenvalue weighted by molar-refractivity contribution is -0.143. The Hall–Kier alpha value is -3.36. The average Bonchev–Trinajstić information content (AvgIpc) is 2.98. The van der Waals surface area contributed by atoms with E-state index in [1.54, 1.807) is 38.1 Å². The maximum Gasteiger partial charge on any atom is 0.422 e. The molecule has 0 aliphatic carbocycles. The van der Waals surface area contributed by atoms with Gasteiger partial charge in [-0.2, -0.15) is 4.57 Å². The maximum atomic E-state index is 12.1. The molecule has 1 N–H and O–H groups in total. The van der Waals surface area contributed by atoms with E-state index in [4.69, 9.17) is 14.2 Å². The minimum atomic E-state index is -0.758. The number of nitrogens with one attached hydrogen (secondary N) is 1. The molecule has 3 rings (SSSR count). The number of nitrogens with zero attached hydrogens (tertiary/aromatic N) is 2. The molecular formula is C19H21N3O6. The minimum absolute atomic E-state index is 0.155. The number of hydrogen-bond donors (Lipinski definition) is 1. The Labute approximate surface area is 160 Å². The summed E-state index contributed by atoms with van der Waals surface area (Å²) >= 11 is 0. The summed E-state index contributed by atoms with van der Waals surface area (Å²) in [5, 5.41) is 0.701. The third kappa shape index (κ3) is 4.13. The number of rotatable bonds is 7. The largest absolute Gasteiger partial charge is 0.494 e. The molecule has 0 amide bonds. The van der Waals surface area contributed by atoms with Crippen LogP contribution < -0.4 is 10.4 Å². The summed E-state index contributed by atoms with van der Waals surface area (Å²) < 4.78 is 16.4. The van der Waals surface area contributed by atoms with Gasteiger partial charge in [-0.1, -0.05) is 0 Å². The highest BCUT2D eigenvalue weighted by Gasteiger charge is 2.16. The molecule has 2 heterocycles. The zero-order valence-corrected chi connectivity index (χ0v) is 15.7. The summed E-state index contributed by atoms with van der Waals surface area (Å²) in [5.74, 6) is 0.346. The Bertz CT molecular complexity index is 1070. The number of benzene rings is 1. The molecule has 9 heteroatoms. The zero-order chi connectivity index (χ0) is 20.1. The fourth-order valence-electron chi connectivity index (χ4n) is 2.77. The molecule has 3 aromatic rings. The Morgan fingerprint density at radius 2 is 1.93 bits per heavy atom. The molecule has 0 saturated heterocycles. The molecule has 0 saturated carbocycles. The fourth-order valence-corrected chi connectivity index (χ4v) is 2.77. The molecule has 28 heavy (non-hydrogen) atoms. The molecule has 0 fully saturated rings. The Morgan fingerprint density at radius 3 is 2.68 bits per heavy atom. The SMILES string of the molecule is CCOC(=O)CCCOc1ccc2nc3[nH]c(=O)n(C(=O)OCC)c3cc2c1. The van der Waals surface area contributed by atoms with Crippen molar-refractivity contribution in [1.82, 2.24) is 14.5 Å². The molecule has 0 bridgehead atoms. The van der Waals surface area contributed by atoms with Crippen LogP contribution in [0.15, 0.2) is 29.1 Å². The molecule has 9 nitrogen and oxygen atoms in total. The average molecular weight is 387 g/mol. The van der Waals surface area contributed by atoms with Gasteiger partial charge in [0.25, 0.3) is 0 Å². The molecule has 2 aromatic heterocycles. The van der Waals surface area contributed by atoms with E-state index in [-0.39, 0.29) is 12.6 Å². The van der Waals surface area contributed by atoms with Crippen molar-refractivity contribution in [2.75, 3.05) is 19.8 Å². The zero-order valence-electron chi connectivity index (χ0n) is 15.7. The van der Waals surface area contributed by atoms with Crippen LogP contribution >= 0.6 is 0 Å². The highest BCUT2D eigenvalue weighted by molar-refractivity contribution is 5.94. The molecule has 0 atom stereocenters.